The molecule has 0 saturated carbocycles. The van der Waals surface area contributed by atoms with Crippen molar-refractivity contribution in [3.8, 4) is 0 Å². The molecule has 44 valence electrons. The number of aldehydes is 1. The summed E-state index contributed by atoms with van der Waals surface area (Å²) < 4.78 is 9.78. The standard InChI is InChI=1S/C3H5NO2P2/c4-8-3(1-5)2-7-6/h1,3-4H,2H2. The number of rotatable bonds is 4. The molecular formula is C3H5NO2P2. The van der Waals surface area contributed by atoms with E-state index in [-0.39, 0.29) is 28.7 Å². The third-order valence-electron chi connectivity index (χ3n) is 0.585. The SMILES string of the molecule is N=PC(C=O)CP=O. The molecule has 0 spiro atoms. The third-order valence-corrected chi connectivity index (χ3v) is 2.05. The minimum Gasteiger partial charge on any atom is -0.302 e. The van der Waals surface area contributed by atoms with Crippen molar-refractivity contribution in [2.75, 3.05) is 6.16 Å². The van der Waals surface area contributed by atoms with Crippen LogP contribution in [0.25, 0.3) is 0 Å². The van der Waals surface area contributed by atoms with Crippen LogP contribution in [0.5, 0.6) is 0 Å². The van der Waals surface area contributed by atoms with E-state index >= 15 is 0 Å². The number of carbonyl (C=O) groups is 1. The van der Waals surface area contributed by atoms with Crippen LogP contribution in [0.3, 0.4) is 0 Å². The molecule has 1 unspecified atom stereocenters. The van der Waals surface area contributed by atoms with Crippen LogP contribution in [0, 0.1) is 5.16 Å². The van der Waals surface area contributed by atoms with Crippen LogP contribution in [0.2, 0.25) is 0 Å². The summed E-state index contributed by atoms with van der Waals surface area (Å²) in [5, 5.41) is 6.66. The van der Waals surface area contributed by atoms with E-state index < -0.39 is 0 Å². The summed E-state index contributed by atoms with van der Waals surface area (Å²) >= 11 is 0. The lowest BCUT2D eigenvalue weighted by Crippen LogP contribution is -1.99. The van der Waals surface area contributed by atoms with E-state index in [1.165, 1.54) is 0 Å². The largest absolute Gasteiger partial charge is 0.302 e. The molecule has 0 amide bonds. The Morgan fingerprint density at radius 3 is 2.50 bits per heavy atom. The molecule has 0 heterocycles. The second-order valence-corrected chi connectivity index (χ2v) is 2.69. The summed E-state index contributed by atoms with van der Waals surface area (Å²) in [5.74, 6) is 0. The van der Waals surface area contributed by atoms with E-state index in [1.54, 1.807) is 0 Å². The summed E-state index contributed by atoms with van der Waals surface area (Å²) in [4.78, 5) is 9.86. The Morgan fingerprint density at radius 2 is 2.38 bits per heavy atom. The molecule has 0 aliphatic carbocycles. The Hall–Kier alpha value is -0.130. The average Bonchev–Trinajstić information content (AvgIpc) is 1.83. The predicted molar refractivity (Wildman–Crippen MR) is 32.0 cm³/mol. The predicted octanol–water partition coefficient (Wildman–Crippen LogP) is 1.55. The highest BCUT2D eigenvalue weighted by Crippen LogP contribution is 2.08. The van der Waals surface area contributed by atoms with Crippen LogP contribution in [0.15, 0.2) is 0 Å². The fourth-order valence-corrected chi connectivity index (χ4v) is 1.02. The Kier molecular flexibility index (Phi) is 4.93. The van der Waals surface area contributed by atoms with Gasteiger partial charge in [0.15, 0.2) is 8.46 Å². The second-order valence-electron chi connectivity index (χ2n) is 1.14. The van der Waals surface area contributed by atoms with Gasteiger partial charge in [-0.1, -0.05) is 0 Å². The van der Waals surface area contributed by atoms with Crippen LogP contribution in [0.4, 0.5) is 0 Å². The maximum atomic E-state index is 9.86. The van der Waals surface area contributed by atoms with Crippen molar-refractivity contribution in [3.05, 3.63) is 0 Å². The van der Waals surface area contributed by atoms with Gasteiger partial charge < -0.3 is 4.79 Å². The summed E-state index contributed by atoms with van der Waals surface area (Å²) in [7, 11) is 0.197. The minimum absolute atomic E-state index is 0.0529. The first kappa shape index (κ1) is 7.87. The van der Waals surface area contributed by atoms with Gasteiger partial charge in [0.1, 0.15) is 6.29 Å². The van der Waals surface area contributed by atoms with Crippen molar-refractivity contribution < 1.29 is 9.36 Å². The monoisotopic (exact) mass is 149 g/mol. The van der Waals surface area contributed by atoms with Crippen molar-refractivity contribution in [1.29, 1.82) is 5.16 Å². The van der Waals surface area contributed by atoms with Gasteiger partial charge in [-0.15, -0.1) is 0 Å². The van der Waals surface area contributed by atoms with E-state index in [2.05, 4.69) is 0 Å². The molecule has 0 aromatic heterocycles. The zero-order valence-electron chi connectivity index (χ0n) is 4.07. The Morgan fingerprint density at radius 1 is 1.75 bits per heavy atom. The molecule has 0 fully saturated rings. The smallest absolute Gasteiger partial charge is 0.156 e. The highest BCUT2D eigenvalue weighted by molar-refractivity contribution is 7.31. The zero-order valence-corrected chi connectivity index (χ0v) is 5.86. The summed E-state index contributed by atoms with van der Waals surface area (Å²) in [5.41, 5.74) is -0.367. The van der Waals surface area contributed by atoms with Gasteiger partial charge in [0, 0.05) is 14.5 Å². The van der Waals surface area contributed by atoms with Crippen molar-refractivity contribution in [3.63, 3.8) is 0 Å². The molecular weight excluding hydrogens is 144 g/mol. The van der Waals surface area contributed by atoms with Crippen LogP contribution >= 0.6 is 16.8 Å². The molecule has 0 aliphatic rings. The molecule has 8 heavy (non-hydrogen) atoms. The molecule has 0 radical (unpaired) electrons. The van der Waals surface area contributed by atoms with Gasteiger partial charge in [-0.05, 0) is 0 Å². The second kappa shape index (κ2) is 5.02. The Labute approximate surface area is 50.4 Å². The quantitative estimate of drug-likeness (QED) is 0.486. The van der Waals surface area contributed by atoms with E-state index in [4.69, 9.17) is 5.16 Å². The van der Waals surface area contributed by atoms with Gasteiger partial charge in [0.05, 0.1) is 5.66 Å². The summed E-state index contributed by atoms with van der Waals surface area (Å²) in [6.07, 6.45) is 0.925. The molecule has 1 atom stereocenters. The van der Waals surface area contributed by atoms with Gasteiger partial charge in [-0.25, -0.2) is 0 Å². The molecule has 0 saturated heterocycles. The highest BCUT2D eigenvalue weighted by Gasteiger charge is 2.00. The lowest BCUT2D eigenvalue weighted by molar-refractivity contribution is -0.107. The average molecular weight is 149 g/mol. The fraction of sp³-hybridized carbons (Fsp3) is 0.667. The molecule has 0 aromatic carbocycles. The number of hydrogen-bond acceptors (Lipinski definition) is 3. The van der Waals surface area contributed by atoms with Crippen LogP contribution < -0.4 is 0 Å². The Balaban J connectivity index is 3.50. The Bertz CT molecular complexity index is 97.5. The molecule has 0 bridgehead atoms. The van der Waals surface area contributed by atoms with E-state index in [0.29, 0.717) is 6.29 Å². The number of carbonyl (C=O) groups excluding carboxylic acids is 1. The summed E-state index contributed by atoms with van der Waals surface area (Å²) in [6.45, 7) is 0. The van der Waals surface area contributed by atoms with E-state index in [1.807, 2.05) is 0 Å². The maximum absolute atomic E-state index is 9.86. The highest BCUT2D eigenvalue weighted by atomic mass is 31.1. The van der Waals surface area contributed by atoms with Gasteiger partial charge >= 0.3 is 0 Å². The lowest BCUT2D eigenvalue weighted by atomic mass is 10.5. The molecule has 0 aromatic rings. The topological polar surface area (TPSA) is 58.0 Å². The maximum Gasteiger partial charge on any atom is 0.156 e. The zero-order chi connectivity index (χ0) is 6.41. The summed E-state index contributed by atoms with van der Waals surface area (Å²) in [6, 6.07) is 0. The lowest BCUT2D eigenvalue weighted by Gasteiger charge is -1.88. The van der Waals surface area contributed by atoms with Crippen LogP contribution in [-0.4, -0.2) is 18.1 Å². The molecule has 0 aliphatic heterocycles. The first-order valence-corrected chi connectivity index (χ1v) is 3.92. The van der Waals surface area contributed by atoms with Gasteiger partial charge in [0.2, 0.25) is 0 Å². The van der Waals surface area contributed by atoms with Crippen molar-refractivity contribution in [2.45, 2.75) is 5.66 Å². The molecule has 0 rings (SSSR count). The van der Waals surface area contributed by atoms with Gasteiger partial charge in [-0.2, -0.15) is 0 Å². The number of nitrogens with one attached hydrogen (secondary N) is 1. The molecule has 5 heteroatoms. The van der Waals surface area contributed by atoms with Crippen molar-refractivity contribution in [2.24, 2.45) is 0 Å². The minimum atomic E-state index is -0.367. The molecule has 1 N–H and O–H groups in total. The van der Waals surface area contributed by atoms with E-state index in [9.17, 15) is 9.36 Å². The molecule has 3 nitrogen and oxygen atoms in total. The third kappa shape index (κ3) is 2.95. The fourth-order valence-electron chi connectivity index (χ4n) is 0.191. The van der Waals surface area contributed by atoms with Gasteiger partial charge in [-0.3, -0.25) is 9.73 Å². The van der Waals surface area contributed by atoms with Gasteiger partial charge in [0.25, 0.3) is 0 Å². The van der Waals surface area contributed by atoms with Crippen LogP contribution in [0.1, 0.15) is 0 Å². The normalized spacial score (nSPS) is 14.0. The number of hydrogen-bond donors (Lipinski definition) is 1. The van der Waals surface area contributed by atoms with E-state index in [0.717, 1.165) is 0 Å². The first-order valence-electron chi connectivity index (χ1n) is 1.96. The van der Waals surface area contributed by atoms with Crippen molar-refractivity contribution >= 4 is 23.1 Å². The van der Waals surface area contributed by atoms with Crippen LogP contribution in [-0.2, 0) is 9.36 Å². The first-order chi connectivity index (χ1) is 3.85. The van der Waals surface area contributed by atoms with Crippen molar-refractivity contribution in [1.82, 2.24) is 0 Å².